The minimum atomic E-state index is -4.39. The van der Waals surface area contributed by atoms with E-state index < -0.39 is 17.7 Å². The van der Waals surface area contributed by atoms with E-state index in [1.807, 2.05) is 24.3 Å². The molecule has 0 atom stereocenters. The number of hydrogen-bond acceptors (Lipinski definition) is 1. The molecule has 3 rings (SSSR count). The molecule has 0 unspecified atom stereocenters. The molecule has 5 heteroatoms. The number of rotatable bonds is 4. The maximum Gasteiger partial charge on any atom is 0.416 e. The maximum atomic E-state index is 12.7. The van der Waals surface area contributed by atoms with Crippen molar-refractivity contribution in [3.05, 3.63) is 94.5 Å². The highest BCUT2D eigenvalue weighted by Gasteiger charge is 2.29. The standard InChI is InChI=1S/C26H21F3O2/c1-17(2)20-9-11-22(12-10-20)24-15-19(16-25(30)31)4-8-21(24)7-3-18-5-13-23(14-6-18)26(27,28)29/h4-6,8-15,17H,16H2,1-2H3,(H,30,31). The smallest absolute Gasteiger partial charge is 0.416 e. The summed E-state index contributed by atoms with van der Waals surface area (Å²) in [5.41, 5.74) is 3.93. The highest BCUT2D eigenvalue weighted by molar-refractivity contribution is 5.75. The van der Waals surface area contributed by atoms with Gasteiger partial charge in [0.25, 0.3) is 0 Å². The van der Waals surface area contributed by atoms with Gasteiger partial charge in [-0.25, -0.2) is 0 Å². The van der Waals surface area contributed by atoms with Crippen molar-refractivity contribution in [2.24, 2.45) is 0 Å². The predicted octanol–water partition coefficient (Wildman–Crippen LogP) is 6.52. The first-order valence-electron chi connectivity index (χ1n) is 9.78. The number of benzene rings is 3. The number of hydrogen-bond donors (Lipinski definition) is 1. The molecule has 0 aliphatic rings. The Hall–Kier alpha value is -3.52. The molecule has 0 bridgehead atoms. The molecule has 158 valence electrons. The van der Waals surface area contributed by atoms with Crippen LogP contribution < -0.4 is 0 Å². The second-order valence-corrected chi connectivity index (χ2v) is 7.55. The Bertz CT molecular complexity index is 1130. The summed E-state index contributed by atoms with van der Waals surface area (Å²) in [6.07, 6.45) is -4.50. The van der Waals surface area contributed by atoms with Crippen LogP contribution in [0.5, 0.6) is 0 Å². The summed E-state index contributed by atoms with van der Waals surface area (Å²) in [6.45, 7) is 4.20. The van der Waals surface area contributed by atoms with E-state index in [-0.39, 0.29) is 6.42 Å². The van der Waals surface area contributed by atoms with Gasteiger partial charge < -0.3 is 5.11 Å². The van der Waals surface area contributed by atoms with Crippen molar-refractivity contribution >= 4 is 5.97 Å². The molecule has 0 spiro atoms. The van der Waals surface area contributed by atoms with Crippen molar-refractivity contribution in [2.45, 2.75) is 32.4 Å². The van der Waals surface area contributed by atoms with Crippen molar-refractivity contribution in [2.75, 3.05) is 0 Å². The summed E-state index contributed by atoms with van der Waals surface area (Å²) in [4.78, 5) is 11.1. The largest absolute Gasteiger partial charge is 0.481 e. The van der Waals surface area contributed by atoms with Gasteiger partial charge in [0.15, 0.2) is 0 Å². The lowest BCUT2D eigenvalue weighted by molar-refractivity contribution is -0.138. The average Bonchev–Trinajstić information content (AvgIpc) is 2.72. The van der Waals surface area contributed by atoms with Crippen molar-refractivity contribution in [1.82, 2.24) is 0 Å². The van der Waals surface area contributed by atoms with Crippen LogP contribution in [0.15, 0.2) is 66.7 Å². The molecule has 0 saturated carbocycles. The SMILES string of the molecule is CC(C)c1ccc(-c2cc(CC(=O)O)ccc2C#Cc2ccc(C(F)(F)F)cc2)cc1. The van der Waals surface area contributed by atoms with Gasteiger partial charge in [0, 0.05) is 11.1 Å². The molecule has 0 amide bonds. The number of carbonyl (C=O) groups is 1. The summed E-state index contributed by atoms with van der Waals surface area (Å²) >= 11 is 0. The normalized spacial score (nSPS) is 11.2. The van der Waals surface area contributed by atoms with Gasteiger partial charge in [-0.05, 0) is 64.6 Å². The van der Waals surface area contributed by atoms with Crippen LogP contribution in [0.4, 0.5) is 13.2 Å². The van der Waals surface area contributed by atoms with Gasteiger partial charge in [0.05, 0.1) is 12.0 Å². The summed E-state index contributed by atoms with van der Waals surface area (Å²) in [5, 5.41) is 9.12. The first-order valence-corrected chi connectivity index (χ1v) is 9.78. The molecule has 0 radical (unpaired) electrons. The fourth-order valence-electron chi connectivity index (χ4n) is 3.15. The lowest BCUT2D eigenvalue weighted by Gasteiger charge is -2.10. The molecular weight excluding hydrogens is 401 g/mol. The Kier molecular flexibility index (Phi) is 6.50. The molecule has 2 nitrogen and oxygen atoms in total. The van der Waals surface area contributed by atoms with Gasteiger partial charge in [0.1, 0.15) is 0 Å². The second kappa shape index (κ2) is 9.09. The van der Waals surface area contributed by atoms with Crippen LogP contribution in [-0.4, -0.2) is 11.1 Å². The van der Waals surface area contributed by atoms with Gasteiger partial charge >= 0.3 is 12.1 Å². The molecule has 0 heterocycles. The molecule has 0 aliphatic carbocycles. The van der Waals surface area contributed by atoms with E-state index in [1.165, 1.54) is 17.7 Å². The number of carboxylic acids is 1. The Morgan fingerprint density at radius 3 is 2.13 bits per heavy atom. The summed E-state index contributed by atoms with van der Waals surface area (Å²) in [5.74, 6) is 5.39. The number of alkyl halides is 3. The van der Waals surface area contributed by atoms with Crippen molar-refractivity contribution in [1.29, 1.82) is 0 Å². The van der Waals surface area contributed by atoms with Gasteiger partial charge in [-0.2, -0.15) is 13.2 Å². The van der Waals surface area contributed by atoms with Crippen LogP contribution in [-0.2, 0) is 17.4 Å². The van der Waals surface area contributed by atoms with E-state index in [2.05, 4.69) is 25.7 Å². The van der Waals surface area contributed by atoms with Gasteiger partial charge in [-0.15, -0.1) is 0 Å². The summed E-state index contributed by atoms with van der Waals surface area (Å²) in [6, 6.07) is 17.9. The van der Waals surface area contributed by atoms with Crippen LogP contribution >= 0.6 is 0 Å². The third kappa shape index (κ3) is 5.76. The lowest BCUT2D eigenvalue weighted by Crippen LogP contribution is -2.04. The Balaban J connectivity index is 2.00. The van der Waals surface area contributed by atoms with E-state index in [9.17, 15) is 18.0 Å². The zero-order chi connectivity index (χ0) is 22.6. The van der Waals surface area contributed by atoms with Crippen LogP contribution in [0, 0.1) is 11.8 Å². The third-order valence-electron chi connectivity index (χ3n) is 4.88. The molecule has 3 aromatic rings. The van der Waals surface area contributed by atoms with E-state index >= 15 is 0 Å². The third-order valence-corrected chi connectivity index (χ3v) is 4.88. The van der Waals surface area contributed by atoms with E-state index in [0.29, 0.717) is 22.6 Å². The van der Waals surface area contributed by atoms with Crippen LogP contribution in [0.2, 0.25) is 0 Å². The van der Waals surface area contributed by atoms with Crippen molar-refractivity contribution in [3.8, 4) is 23.0 Å². The quantitative estimate of drug-likeness (QED) is 0.486. The fraction of sp³-hybridized carbons (Fsp3) is 0.192. The molecular formula is C26H21F3O2. The summed E-state index contributed by atoms with van der Waals surface area (Å²) in [7, 11) is 0. The Labute approximate surface area is 179 Å². The minimum Gasteiger partial charge on any atom is -0.481 e. The van der Waals surface area contributed by atoms with E-state index in [1.54, 1.807) is 18.2 Å². The molecule has 1 N–H and O–H groups in total. The number of carboxylic acid groups (broad SMARTS) is 1. The molecule has 0 aromatic heterocycles. The zero-order valence-electron chi connectivity index (χ0n) is 17.1. The molecule has 0 saturated heterocycles. The second-order valence-electron chi connectivity index (χ2n) is 7.55. The van der Waals surface area contributed by atoms with E-state index in [4.69, 9.17) is 5.11 Å². The Morgan fingerprint density at radius 2 is 1.58 bits per heavy atom. The Morgan fingerprint density at radius 1 is 0.935 bits per heavy atom. The fourth-order valence-corrected chi connectivity index (χ4v) is 3.15. The van der Waals surface area contributed by atoms with Crippen molar-refractivity contribution < 1.29 is 23.1 Å². The average molecular weight is 422 g/mol. The van der Waals surface area contributed by atoms with Gasteiger partial charge in [0.2, 0.25) is 0 Å². The van der Waals surface area contributed by atoms with Crippen LogP contribution in [0.25, 0.3) is 11.1 Å². The van der Waals surface area contributed by atoms with Crippen molar-refractivity contribution in [3.63, 3.8) is 0 Å². The number of halogens is 3. The monoisotopic (exact) mass is 422 g/mol. The minimum absolute atomic E-state index is 0.107. The molecule has 0 fully saturated rings. The molecule has 31 heavy (non-hydrogen) atoms. The van der Waals surface area contributed by atoms with Gasteiger partial charge in [-0.1, -0.05) is 56.0 Å². The predicted molar refractivity (Wildman–Crippen MR) is 115 cm³/mol. The van der Waals surface area contributed by atoms with Gasteiger partial charge in [-0.3, -0.25) is 4.79 Å². The highest BCUT2D eigenvalue weighted by Crippen LogP contribution is 2.29. The molecule has 0 aliphatic heterocycles. The zero-order valence-corrected chi connectivity index (χ0v) is 17.1. The first-order chi connectivity index (χ1) is 14.6. The first kappa shape index (κ1) is 22.2. The topological polar surface area (TPSA) is 37.3 Å². The van der Waals surface area contributed by atoms with Crippen LogP contribution in [0.1, 0.15) is 47.6 Å². The lowest BCUT2D eigenvalue weighted by atomic mass is 9.94. The number of aliphatic carboxylic acids is 1. The highest BCUT2D eigenvalue weighted by atomic mass is 19.4. The van der Waals surface area contributed by atoms with E-state index in [0.717, 1.165) is 23.3 Å². The maximum absolute atomic E-state index is 12.7. The molecule has 3 aromatic carbocycles. The van der Waals surface area contributed by atoms with Crippen LogP contribution in [0.3, 0.4) is 0 Å². The summed E-state index contributed by atoms with van der Waals surface area (Å²) < 4.78 is 38.2.